The lowest BCUT2D eigenvalue weighted by molar-refractivity contribution is 0.260. The first kappa shape index (κ1) is 16.4. The summed E-state index contributed by atoms with van der Waals surface area (Å²) in [6, 6.07) is 3.75. The number of nitrogens with zero attached hydrogens (tertiary/aromatic N) is 1. The molecule has 5 nitrogen and oxygen atoms in total. The van der Waals surface area contributed by atoms with Crippen LogP contribution in [0.25, 0.3) is 0 Å². The van der Waals surface area contributed by atoms with Crippen LogP contribution >= 0.6 is 0 Å². The Bertz CT molecular complexity index is 551. The molecule has 1 saturated carbocycles. The lowest BCUT2D eigenvalue weighted by atomic mass is 9.81. The molecular weight excluding hydrogens is 286 g/mol. The molecule has 1 unspecified atom stereocenters. The molecule has 1 aliphatic rings. The van der Waals surface area contributed by atoms with E-state index in [0.717, 1.165) is 18.4 Å². The smallest absolute Gasteiger partial charge is 0.258 e. The fourth-order valence-electron chi connectivity index (χ4n) is 2.34. The van der Waals surface area contributed by atoms with Crippen LogP contribution in [0.4, 0.5) is 0 Å². The second-order valence-corrected chi connectivity index (χ2v) is 7.80. The number of rotatable bonds is 7. The molecule has 0 bridgehead atoms. The Morgan fingerprint density at radius 1 is 1.29 bits per heavy atom. The Morgan fingerprint density at radius 3 is 2.48 bits per heavy atom. The quantitative estimate of drug-likeness (QED) is 0.808. The molecule has 0 spiro atoms. The van der Waals surface area contributed by atoms with Gasteiger partial charge in [-0.25, -0.2) is 18.1 Å². The van der Waals surface area contributed by atoms with Crippen LogP contribution in [0.1, 0.15) is 45.6 Å². The molecule has 2 N–H and O–H groups in total. The van der Waals surface area contributed by atoms with Crippen molar-refractivity contribution < 1.29 is 8.42 Å². The van der Waals surface area contributed by atoms with Crippen molar-refractivity contribution in [3.05, 3.63) is 23.9 Å². The molecule has 1 aromatic heterocycles. The molecule has 118 valence electrons. The summed E-state index contributed by atoms with van der Waals surface area (Å²) in [4.78, 5) is 4.09. The lowest BCUT2D eigenvalue weighted by Crippen LogP contribution is -2.40. The molecule has 1 atom stereocenters. The maximum Gasteiger partial charge on any atom is 0.258 e. The SMILES string of the molecule is CC(C)NCc1ccc(S(=O)(=O)NC(C)C2CCC2)nc1. The van der Waals surface area contributed by atoms with E-state index in [0.29, 0.717) is 18.5 Å². The van der Waals surface area contributed by atoms with Gasteiger partial charge in [0.1, 0.15) is 0 Å². The topological polar surface area (TPSA) is 71.1 Å². The molecule has 1 aromatic rings. The Hall–Kier alpha value is -0.980. The second kappa shape index (κ2) is 6.85. The van der Waals surface area contributed by atoms with E-state index in [9.17, 15) is 8.42 Å². The molecule has 1 heterocycles. The maximum absolute atomic E-state index is 12.3. The second-order valence-electron chi connectivity index (χ2n) is 6.14. The Labute approximate surface area is 127 Å². The Morgan fingerprint density at radius 2 is 2.00 bits per heavy atom. The molecule has 0 aromatic carbocycles. The monoisotopic (exact) mass is 311 g/mol. The first-order valence-corrected chi connectivity index (χ1v) is 9.07. The molecule has 0 saturated heterocycles. The van der Waals surface area contributed by atoms with Crippen LogP contribution in [0.15, 0.2) is 23.4 Å². The van der Waals surface area contributed by atoms with E-state index in [1.54, 1.807) is 12.3 Å². The summed E-state index contributed by atoms with van der Waals surface area (Å²) in [7, 11) is -3.51. The average molecular weight is 311 g/mol. The minimum absolute atomic E-state index is 0.0205. The van der Waals surface area contributed by atoms with Gasteiger partial charge in [0.25, 0.3) is 10.0 Å². The van der Waals surface area contributed by atoms with Crippen molar-refractivity contribution in [3.63, 3.8) is 0 Å². The van der Waals surface area contributed by atoms with Crippen molar-refractivity contribution in [2.45, 2.75) is 63.7 Å². The van der Waals surface area contributed by atoms with Crippen LogP contribution in [0, 0.1) is 5.92 Å². The van der Waals surface area contributed by atoms with Gasteiger partial charge in [-0.1, -0.05) is 26.3 Å². The third-order valence-corrected chi connectivity index (χ3v) is 5.46. The number of aromatic nitrogens is 1. The van der Waals surface area contributed by atoms with Crippen LogP contribution < -0.4 is 10.0 Å². The predicted octanol–water partition coefficient (Wildman–Crippen LogP) is 2.05. The highest BCUT2D eigenvalue weighted by molar-refractivity contribution is 7.89. The summed E-state index contributed by atoms with van der Waals surface area (Å²) in [5.74, 6) is 0.467. The van der Waals surface area contributed by atoms with E-state index in [2.05, 4.69) is 28.9 Å². The zero-order chi connectivity index (χ0) is 15.5. The van der Waals surface area contributed by atoms with Crippen LogP contribution in [-0.2, 0) is 16.6 Å². The minimum Gasteiger partial charge on any atom is -0.310 e. The van der Waals surface area contributed by atoms with Gasteiger partial charge in [-0.05, 0) is 37.3 Å². The fourth-order valence-corrected chi connectivity index (χ4v) is 3.58. The van der Waals surface area contributed by atoms with Gasteiger partial charge in [0.15, 0.2) is 5.03 Å². The first-order chi connectivity index (χ1) is 9.88. The summed E-state index contributed by atoms with van der Waals surface area (Å²) in [5, 5.41) is 3.38. The summed E-state index contributed by atoms with van der Waals surface area (Å²) >= 11 is 0. The highest BCUT2D eigenvalue weighted by Crippen LogP contribution is 2.29. The summed E-state index contributed by atoms with van der Waals surface area (Å²) in [5.41, 5.74) is 0.981. The summed E-state index contributed by atoms with van der Waals surface area (Å²) in [6.07, 6.45) is 5.04. The molecule has 0 aliphatic heterocycles. The van der Waals surface area contributed by atoms with Crippen molar-refractivity contribution in [2.75, 3.05) is 0 Å². The van der Waals surface area contributed by atoms with Crippen LogP contribution in [0.5, 0.6) is 0 Å². The van der Waals surface area contributed by atoms with E-state index in [1.807, 2.05) is 13.0 Å². The van der Waals surface area contributed by atoms with E-state index in [1.165, 1.54) is 6.42 Å². The zero-order valence-corrected chi connectivity index (χ0v) is 13.8. The highest BCUT2D eigenvalue weighted by atomic mass is 32.2. The van der Waals surface area contributed by atoms with Crippen molar-refractivity contribution in [1.82, 2.24) is 15.0 Å². The number of nitrogens with one attached hydrogen (secondary N) is 2. The van der Waals surface area contributed by atoms with Gasteiger partial charge in [-0.2, -0.15) is 0 Å². The minimum atomic E-state index is -3.51. The van der Waals surface area contributed by atoms with Crippen LogP contribution in [0.3, 0.4) is 0 Å². The third-order valence-electron chi connectivity index (χ3n) is 3.99. The van der Waals surface area contributed by atoms with Gasteiger partial charge in [0.2, 0.25) is 0 Å². The molecule has 1 fully saturated rings. The van der Waals surface area contributed by atoms with Crippen molar-refractivity contribution in [1.29, 1.82) is 0 Å². The standard InChI is InChI=1S/C15H25N3O2S/c1-11(2)16-9-13-7-8-15(17-10-13)21(19,20)18-12(3)14-5-4-6-14/h7-8,10-12,14,16,18H,4-6,9H2,1-3H3. The lowest BCUT2D eigenvalue weighted by Gasteiger charge is -2.31. The Balaban J connectivity index is 1.99. The first-order valence-electron chi connectivity index (χ1n) is 7.59. The van der Waals surface area contributed by atoms with Gasteiger partial charge >= 0.3 is 0 Å². The molecule has 0 radical (unpaired) electrons. The van der Waals surface area contributed by atoms with Crippen molar-refractivity contribution in [2.24, 2.45) is 5.92 Å². The molecule has 21 heavy (non-hydrogen) atoms. The van der Waals surface area contributed by atoms with E-state index >= 15 is 0 Å². The van der Waals surface area contributed by atoms with Crippen LogP contribution in [0.2, 0.25) is 0 Å². The number of hydrogen-bond acceptors (Lipinski definition) is 4. The third kappa shape index (κ3) is 4.49. The number of pyridine rings is 1. The normalized spacial score (nSPS) is 17.7. The average Bonchev–Trinajstić information content (AvgIpc) is 2.34. The van der Waals surface area contributed by atoms with Gasteiger partial charge in [-0.15, -0.1) is 0 Å². The van der Waals surface area contributed by atoms with Gasteiger partial charge in [0, 0.05) is 24.8 Å². The zero-order valence-electron chi connectivity index (χ0n) is 13.0. The van der Waals surface area contributed by atoms with E-state index in [4.69, 9.17) is 0 Å². The largest absolute Gasteiger partial charge is 0.310 e. The highest BCUT2D eigenvalue weighted by Gasteiger charge is 2.28. The number of hydrogen-bond donors (Lipinski definition) is 2. The summed E-state index contributed by atoms with van der Waals surface area (Å²) < 4.78 is 27.3. The van der Waals surface area contributed by atoms with E-state index < -0.39 is 10.0 Å². The van der Waals surface area contributed by atoms with Crippen LogP contribution in [-0.4, -0.2) is 25.5 Å². The molecule has 0 amide bonds. The molecule has 1 aliphatic carbocycles. The molecule has 6 heteroatoms. The van der Waals surface area contributed by atoms with Crippen molar-refractivity contribution >= 4 is 10.0 Å². The van der Waals surface area contributed by atoms with E-state index in [-0.39, 0.29) is 11.1 Å². The van der Waals surface area contributed by atoms with Gasteiger partial charge in [-0.3, -0.25) is 0 Å². The number of sulfonamides is 1. The van der Waals surface area contributed by atoms with Crippen molar-refractivity contribution in [3.8, 4) is 0 Å². The molecular formula is C15H25N3O2S. The van der Waals surface area contributed by atoms with Gasteiger partial charge < -0.3 is 5.32 Å². The maximum atomic E-state index is 12.3. The predicted molar refractivity (Wildman–Crippen MR) is 83.3 cm³/mol. The molecule has 2 rings (SSSR count). The van der Waals surface area contributed by atoms with Gasteiger partial charge in [0.05, 0.1) is 0 Å². The fraction of sp³-hybridized carbons (Fsp3) is 0.667. The summed E-state index contributed by atoms with van der Waals surface area (Å²) in [6.45, 7) is 6.76. The Kier molecular flexibility index (Phi) is 5.35.